The SMILES string of the molecule is c1ccc(N(c2ccc3c(c2)C2(c4ccccc4-c4ccccc42)c2ccccc2-3)c2ccc3c(c2)C2(c4ccccc4-c4ccccc42)c2cccc4c5ccccc5n-3c24)cc1. The molecule has 1 aromatic heterocycles. The second-order valence-corrected chi connectivity index (χ2v) is 17.9. The minimum absolute atomic E-state index is 0.445. The van der Waals surface area contributed by atoms with Crippen molar-refractivity contribution in [1.29, 1.82) is 0 Å². The lowest BCUT2D eigenvalue weighted by Gasteiger charge is -2.40. The molecule has 0 bridgehead atoms. The van der Waals surface area contributed by atoms with E-state index in [0.717, 1.165) is 17.1 Å². The molecule has 2 spiro atoms. The van der Waals surface area contributed by atoms with Gasteiger partial charge in [-0.3, -0.25) is 0 Å². The zero-order chi connectivity index (χ0) is 41.7. The minimum Gasteiger partial charge on any atom is -0.310 e. The van der Waals surface area contributed by atoms with E-state index < -0.39 is 10.8 Å². The van der Waals surface area contributed by atoms with E-state index in [4.69, 9.17) is 0 Å². The van der Waals surface area contributed by atoms with Gasteiger partial charge in [-0.15, -0.1) is 0 Å². The number of rotatable bonds is 3. The monoisotopic (exact) mass is 810 g/mol. The number of aromatic nitrogens is 1. The molecule has 0 saturated carbocycles. The van der Waals surface area contributed by atoms with Crippen LogP contribution in [0.3, 0.4) is 0 Å². The van der Waals surface area contributed by atoms with Gasteiger partial charge < -0.3 is 9.47 Å². The molecule has 0 unspecified atom stereocenters. The highest BCUT2D eigenvalue weighted by atomic mass is 15.1. The van der Waals surface area contributed by atoms with Crippen LogP contribution in [0.5, 0.6) is 0 Å². The van der Waals surface area contributed by atoms with Crippen LogP contribution in [0.15, 0.2) is 231 Å². The Balaban J connectivity index is 1.04. The zero-order valence-corrected chi connectivity index (χ0v) is 34.8. The summed E-state index contributed by atoms with van der Waals surface area (Å²) < 4.78 is 2.55. The number of para-hydroxylation sites is 3. The summed E-state index contributed by atoms with van der Waals surface area (Å²) in [5.41, 5.74) is 24.6. The van der Waals surface area contributed by atoms with Gasteiger partial charge >= 0.3 is 0 Å². The van der Waals surface area contributed by atoms with Gasteiger partial charge in [0.2, 0.25) is 0 Å². The van der Waals surface area contributed by atoms with Crippen molar-refractivity contribution < 1.29 is 0 Å². The van der Waals surface area contributed by atoms with E-state index in [9.17, 15) is 0 Å². The number of hydrogen-bond acceptors (Lipinski definition) is 1. The first-order chi connectivity index (χ1) is 31.8. The third-order valence-corrected chi connectivity index (χ3v) is 15.2. The summed E-state index contributed by atoms with van der Waals surface area (Å²) in [6.45, 7) is 0. The predicted octanol–water partition coefficient (Wildman–Crippen LogP) is 15.3. The normalized spacial score (nSPS) is 14.5. The fourth-order valence-corrected chi connectivity index (χ4v) is 12.9. The van der Waals surface area contributed by atoms with Crippen LogP contribution in [0.25, 0.3) is 60.9 Å². The van der Waals surface area contributed by atoms with Crippen LogP contribution >= 0.6 is 0 Å². The fraction of sp³-hybridized carbons (Fsp3) is 0.0323. The maximum absolute atomic E-state index is 2.55. The molecule has 0 amide bonds. The van der Waals surface area contributed by atoms with E-state index in [-0.39, 0.29) is 0 Å². The van der Waals surface area contributed by atoms with Gasteiger partial charge in [-0.05, 0) is 126 Å². The summed E-state index contributed by atoms with van der Waals surface area (Å²) in [5.74, 6) is 0. The van der Waals surface area contributed by atoms with Crippen molar-refractivity contribution in [3.05, 3.63) is 275 Å². The molecule has 64 heavy (non-hydrogen) atoms. The second kappa shape index (κ2) is 12.2. The lowest BCUT2D eigenvalue weighted by molar-refractivity contribution is 0.748. The summed E-state index contributed by atoms with van der Waals surface area (Å²) in [6, 6.07) is 87.0. The number of hydrogen-bond donors (Lipinski definition) is 0. The molecular formula is C62H38N2. The first-order valence-electron chi connectivity index (χ1n) is 22.4. The average Bonchev–Trinajstić information content (AvgIpc) is 4.06. The van der Waals surface area contributed by atoms with Crippen LogP contribution in [0, 0.1) is 0 Å². The van der Waals surface area contributed by atoms with Crippen LogP contribution < -0.4 is 4.90 Å². The molecule has 4 aliphatic rings. The molecule has 2 heterocycles. The van der Waals surface area contributed by atoms with Crippen LogP contribution in [0.2, 0.25) is 0 Å². The van der Waals surface area contributed by atoms with Crippen molar-refractivity contribution in [1.82, 2.24) is 4.57 Å². The second-order valence-electron chi connectivity index (χ2n) is 17.9. The Labute approximate surface area is 371 Å². The summed E-state index contributed by atoms with van der Waals surface area (Å²) in [7, 11) is 0. The van der Waals surface area contributed by atoms with Crippen molar-refractivity contribution >= 4 is 38.9 Å². The van der Waals surface area contributed by atoms with Crippen LogP contribution in [-0.4, -0.2) is 4.57 Å². The quantitative estimate of drug-likeness (QED) is 0.173. The molecule has 2 nitrogen and oxygen atoms in total. The Morgan fingerprint density at radius 2 is 0.703 bits per heavy atom. The Morgan fingerprint density at radius 3 is 1.28 bits per heavy atom. The largest absolute Gasteiger partial charge is 0.310 e. The molecule has 3 aliphatic carbocycles. The number of anilines is 3. The highest BCUT2D eigenvalue weighted by Crippen LogP contribution is 2.64. The molecule has 0 N–H and O–H groups in total. The van der Waals surface area contributed by atoms with E-state index in [1.165, 1.54) is 105 Å². The predicted molar refractivity (Wildman–Crippen MR) is 263 cm³/mol. The van der Waals surface area contributed by atoms with E-state index in [1.54, 1.807) is 0 Å². The lowest BCUT2D eigenvalue weighted by atomic mass is 9.65. The summed E-state index contributed by atoms with van der Waals surface area (Å²) >= 11 is 0. The highest BCUT2D eigenvalue weighted by Gasteiger charge is 2.53. The molecular weight excluding hydrogens is 773 g/mol. The van der Waals surface area contributed by atoms with E-state index in [1.807, 2.05) is 0 Å². The lowest BCUT2D eigenvalue weighted by Crippen LogP contribution is -2.33. The van der Waals surface area contributed by atoms with Gasteiger partial charge in [0, 0.05) is 27.8 Å². The molecule has 11 aromatic rings. The molecule has 2 heteroatoms. The zero-order valence-electron chi connectivity index (χ0n) is 34.8. The molecule has 15 rings (SSSR count). The smallest absolute Gasteiger partial charge is 0.0755 e. The van der Waals surface area contributed by atoms with Gasteiger partial charge in [0.25, 0.3) is 0 Å². The fourth-order valence-electron chi connectivity index (χ4n) is 12.9. The van der Waals surface area contributed by atoms with Crippen LogP contribution in [-0.2, 0) is 10.8 Å². The van der Waals surface area contributed by atoms with Crippen molar-refractivity contribution in [2.45, 2.75) is 10.8 Å². The standard InChI is InChI=1S/C62H38N2/c1-2-17-39(18-3-1)63(40-33-35-47-46-23-8-12-28-52(46)61(56(47)37-40)50-26-10-4-19-42(50)43-20-5-11-27-51(43)61)41-34-36-59-57(38-41)62(53-29-13-6-21-44(53)45-22-7-14-30-54(45)62)55-31-16-25-49-48-24-9-15-32-58(48)64(59)60(49)55/h1-38H. The van der Waals surface area contributed by atoms with E-state index in [0.29, 0.717) is 0 Å². The molecule has 0 radical (unpaired) electrons. The Hall–Kier alpha value is -8.20. The maximum atomic E-state index is 2.55. The molecule has 0 saturated heterocycles. The van der Waals surface area contributed by atoms with Crippen LogP contribution in [0.1, 0.15) is 44.5 Å². The summed E-state index contributed by atoms with van der Waals surface area (Å²) in [5, 5.41) is 2.57. The molecule has 296 valence electrons. The number of benzene rings is 10. The van der Waals surface area contributed by atoms with E-state index >= 15 is 0 Å². The first kappa shape index (κ1) is 34.4. The third-order valence-electron chi connectivity index (χ3n) is 15.2. The molecule has 10 aromatic carbocycles. The summed E-state index contributed by atoms with van der Waals surface area (Å²) in [6.07, 6.45) is 0. The average molecular weight is 811 g/mol. The Bertz CT molecular complexity index is 3700. The maximum Gasteiger partial charge on any atom is 0.0755 e. The van der Waals surface area contributed by atoms with Gasteiger partial charge in [-0.25, -0.2) is 0 Å². The highest BCUT2D eigenvalue weighted by molar-refractivity contribution is 6.13. The van der Waals surface area contributed by atoms with Crippen molar-refractivity contribution in [3.8, 4) is 39.1 Å². The topological polar surface area (TPSA) is 8.17 Å². The van der Waals surface area contributed by atoms with E-state index in [2.05, 4.69) is 240 Å². The van der Waals surface area contributed by atoms with Gasteiger partial charge in [-0.2, -0.15) is 0 Å². The molecule has 1 aliphatic heterocycles. The van der Waals surface area contributed by atoms with Gasteiger partial charge in [0.1, 0.15) is 0 Å². The third kappa shape index (κ3) is 3.99. The Kier molecular flexibility index (Phi) is 6.58. The van der Waals surface area contributed by atoms with Gasteiger partial charge in [0.05, 0.1) is 27.6 Å². The van der Waals surface area contributed by atoms with Gasteiger partial charge in [-0.1, -0.05) is 182 Å². The number of nitrogens with zero attached hydrogens (tertiary/aromatic N) is 2. The number of fused-ring (bicyclic) bond motifs is 22. The summed E-state index contributed by atoms with van der Waals surface area (Å²) in [4.78, 5) is 2.49. The van der Waals surface area contributed by atoms with Gasteiger partial charge in [0.15, 0.2) is 0 Å². The molecule has 0 atom stereocenters. The first-order valence-corrected chi connectivity index (χ1v) is 22.4. The minimum atomic E-state index is -0.550. The van der Waals surface area contributed by atoms with Crippen LogP contribution in [0.4, 0.5) is 17.1 Å². The molecule has 0 fully saturated rings. The van der Waals surface area contributed by atoms with Crippen molar-refractivity contribution in [2.75, 3.05) is 4.90 Å². The van der Waals surface area contributed by atoms with Crippen molar-refractivity contribution in [3.63, 3.8) is 0 Å². The Morgan fingerprint density at radius 1 is 0.281 bits per heavy atom. The van der Waals surface area contributed by atoms with Crippen molar-refractivity contribution in [2.24, 2.45) is 0 Å².